The van der Waals surface area contributed by atoms with E-state index < -0.39 is 0 Å². The molecule has 1 heterocycles. The Balaban J connectivity index is 1.93. The first-order chi connectivity index (χ1) is 6.72. The van der Waals surface area contributed by atoms with E-state index in [9.17, 15) is 4.79 Å². The predicted molar refractivity (Wildman–Crippen MR) is 53.2 cm³/mol. The maximum Gasteiger partial charge on any atom is 0.235 e. The Bertz CT molecular complexity index is 350. The maximum absolute atomic E-state index is 11.0. The van der Waals surface area contributed by atoms with Crippen LogP contribution in [0.3, 0.4) is 0 Å². The van der Waals surface area contributed by atoms with Gasteiger partial charge >= 0.3 is 0 Å². The monoisotopic (exact) mass is 213 g/mol. The number of nitrogens with zero attached hydrogens (tertiary/aromatic N) is 2. The lowest BCUT2D eigenvalue weighted by molar-refractivity contribution is -0.118. The van der Waals surface area contributed by atoms with E-state index in [0.717, 1.165) is 6.42 Å². The van der Waals surface area contributed by atoms with Crippen molar-refractivity contribution in [3.63, 3.8) is 0 Å². The molecule has 1 aliphatic carbocycles. The van der Waals surface area contributed by atoms with E-state index in [1.807, 2.05) is 17.8 Å². The lowest BCUT2D eigenvalue weighted by Gasteiger charge is -2.02. The second-order valence-corrected chi connectivity index (χ2v) is 3.80. The van der Waals surface area contributed by atoms with Crippen molar-refractivity contribution in [3.8, 4) is 0 Å². The minimum Gasteiger partial charge on any atom is -0.352 e. The number of rotatable bonds is 3. The van der Waals surface area contributed by atoms with Crippen LogP contribution >= 0.6 is 11.6 Å². The van der Waals surface area contributed by atoms with E-state index in [0.29, 0.717) is 5.92 Å². The summed E-state index contributed by atoms with van der Waals surface area (Å²) in [6.45, 7) is 0. The smallest absolute Gasteiger partial charge is 0.235 e. The van der Waals surface area contributed by atoms with Crippen LogP contribution in [-0.4, -0.2) is 27.6 Å². The van der Waals surface area contributed by atoms with Crippen molar-refractivity contribution in [2.45, 2.75) is 18.4 Å². The first-order valence-electron chi connectivity index (χ1n) is 4.55. The van der Waals surface area contributed by atoms with Crippen molar-refractivity contribution < 1.29 is 4.79 Å². The molecular formula is C9H12ClN3O. The molecule has 2 atom stereocenters. The number of carbonyl (C=O) groups excluding carboxylic acids is 1. The van der Waals surface area contributed by atoms with Gasteiger partial charge in [0.25, 0.3) is 0 Å². The molecule has 0 spiro atoms. The molecule has 5 heteroatoms. The van der Waals surface area contributed by atoms with E-state index >= 15 is 0 Å². The van der Waals surface area contributed by atoms with Crippen LogP contribution in [0.2, 0.25) is 0 Å². The fourth-order valence-electron chi connectivity index (χ4n) is 1.67. The number of aryl methyl sites for hydroxylation is 1. The molecule has 4 nitrogen and oxygen atoms in total. The van der Waals surface area contributed by atoms with Crippen LogP contribution in [-0.2, 0) is 11.8 Å². The summed E-state index contributed by atoms with van der Waals surface area (Å²) in [5.74, 6) is 0.352. The fraction of sp³-hybridized carbons (Fsp3) is 0.556. The van der Waals surface area contributed by atoms with E-state index in [4.69, 9.17) is 11.6 Å². The van der Waals surface area contributed by atoms with Gasteiger partial charge in [0, 0.05) is 30.9 Å². The first kappa shape index (κ1) is 9.52. The van der Waals surface area contributed by atoms with Gasteiger partial charge in [0.1, 0.15) is 5.88 Å². The summed E-state index contributed by atoms with van der Waals surface area (Å²) in [5, 5.41) is 6.95. The fourth-order valence-corrected chi connectivity index (χ4v) is 1.75. The molecule has 0 unspecified atom stereocenters. The molecule has 2 rings (SSSR count). The van der Waals surface area contributed by atoms with Gasteiger partial charge in [0.2, 0.25) is 5.91 Å². The zero-order valence-corrected chi connectivity index (χ0v) is 8.66. The number of carbonyl (C=O) groups is 1. The Hall–Kier alpha value is -1.03. The minimum atomic E-state index is -0.0960. The van der Waals surface area contributed by atoms with Crippen LogP contribution in [0, 0.1) is 0 Å². The molecule has 1 N–H and O–H groups in total. The highest BCUT2D eigenvalue weighted by Crippen LogP contribution is 2.40. The first-order valence-corrected chi connectivity index (χ1v) is 5.09. The average Bonchev–Trinajstić information content (AvgIpc) is 2.78. The summed E-state index contributed by atoms with van der Waals surface area (Å²) in [7, 11) is 1.91. The normalized spacial score (nSPS) is 24.7. The Morgan fingerprint density at radius 2 is 2.64 bits per heavy atom. The van der Waals surface area contributed by atoms with E-state index in [1.165, 1.54) is 5.69 Å². The van der Waals surface area contributed by atoms with Gasteiger partial charge in [-0.1, -0.05) is 0 Å². The number of nitrogens with one attached hydrogen (secondary N) is 1. The quantitative estimate of drug-likeness (QED) is 0.749. The van der Waals surface area contributed by atoms with Crippen molar-refractivity contribution in [3.05, 3.63) is 18.0 Å². The summed E-state index contributed by atoms with van der Waals surface area (Å²) in [6, 6.07) is 2.23. The van der Waals surface area contributed by atoms with Crippen molar-refractivity contribution >= 4 is 17.5 Å². The molecule has 14 heavy (non-hydrogen) atoms. The van der Waals surface area contributed by atoms with Gasteiger partial charge in [-0.05, 0) is 12.5 Å². The highest BCUT2D eigenvalue weighted by molar-refractivity contribution is 6.27. The summed E-state index contributed by atoms with van der Waals surface area (Å²) in [6.07, 6.45) is 2.76. The zero-order chi connectivity index (χ0) is 10.1. The Morgan fingerprint density at radius 1 is 1.86 bits per heavy atom. The van der Waals surface area contributed by atoms with Gasteiger partial charge in [-0.25, -0.2) is 0 Å². The highest BCUT2D eigenvalue weighted by atomic mass is 35.5. The molecule has 0 radical (unpaired) electrons. The van der Waals surface area contributed by atoms with Crippen molar-refractivity contribution in [2.24, 2.45) is 7.05 Å². The largest absolute Gasteiger partial charge is 0.352 e. The highest BCUT2D eigenvalue weighted by Gasteiger charge is 2.40. The Labute approximate surface area is 87.2 Å². The van der Waals surface area contributed by atoms with Crippen LogP contribution in [0.5, 0.6) is 0 Å². The van der Waals surface area contributed by atoms with Crippen molar-refractivity contribution in [1.29, 1.82) is 0 Å². The van der Waals surface area contributed by atoms with Crippen LogP contribution in [0.15, 0.2) is 12.3 Å². The number of halogens is 1. The number of aromatic nitrogens is 2. The third kappa shape index (κ3) is 1.75. The predicted octanol–water partition coefficient (Wildman–Crippen LogP) is 0.631. The number of hydrogen-bond donors (Lipinski definition) is 1. The van der Waals surface area contributed by atoms with Gasteiger partial charge in [-0.2, -0.15) is 5.10 Å². The van der Waals surface area contributed by atoms with Gasteiger partial charge in [0.15, 0.2) is 0 Å². The lowest BCUT2D eigenvalue weighted by Crippen LogP contribution is -2.27. The second-order valence-electron chi connectivity index (χ2n) is 3.53. The molecule has 1 fully saturated rings. The third-order valence-corrected chi connectivity index (χ3v) is 2.74. The minimum absolute atomic E-state index is 0.0363. The molecule has 1 aromatic heterocycles. The van der Waals surface area contributed by atoms with Crippen LogP contribution < -0.4 is 5.32 Å². The van der Waals surface area contributed by atoms with Gasteiger partial charge < -0.3 is 5.32 Å². The van der Waals surface area contributed by atoms with Crippen LogP contribution in [0.1, 0.15) is 18.0 Å². The molecule has 1 amide bonds. The van der Waals surface area contributed by atoms with Crippen molar-refractivity contribution in [1.82, 2.24) is 15.1 Å². The Morgan fingerprint density at radius 3 is 3.21 bits per heavy atom. The SMILES string of the molecule is Cn1nccc1[C@@H]1C[C@H]1NC(=O)CCl. The molecule has 0 aromatic carbocycles. The van der Waals surface area contributed by atoms with Crippen molar-refractivity contribution in [2.75, 3.05) is 5.88 Å². The molecule has 0 saturated heterocycles. The third-order valence-electron chi connectivity index (χ3n) is 2.50. The standard InChI is InChI=1S/C9H12ClN3O/c1-13-8(2-3-11-13)6-4-7(6)12-9(14)5-10/h2-3,6-7H,4-5H2,1H3,(H,12,14)/t6-,7-/m1/s1. The summed E-state index contributed by atoms with van der Waals surface area (Å²) in [4.78, 5) is 11.0. The lowest BCUT2D eigenvalue weighted by atomic mass is 10.3. The molecule has 1 aromatic rings. The van der Waals surface area contributed by atoms with Gasteiger partial charge in [-0.15, -0.1) is 11.6 Å². The molecule has 1 aliphatic rings. The van der Waals surface area contributed by atoms with Gasteiger partial charge in [0.05, 0.1) is 0 Å². The number of amides is 1. The van der Waals surface area contributed by atoms with E-state index in [-0.39, 0.29) is 17.8 Å². The van der Waals surface area contributed by atoms with Crippen LogP contribution in [0.25, 0.3) is 0 Å². The molecule has 1 saturated carbocycles. The van der Waals surface area contributed by atoms with Crippen LogP contribution in [0.4, 0.5) is 0 Å². The maximum atomic E-state index is 11.0. The van der Waals surface area contributed by atoms with E-state index in [2.05, 4.69) is 10.4 Å². The Kier molecular flexibility index (Phi) is 2.46. The second kappa shape index (κ2) is 3.61. The summed E-state index contributed by atoms with van der Waals surface area (Å²) >= 11 is 5.40. The number of hydrogen-bond acceptors (Lipinski definition) is 2. The summed E-state index contributed by atoms with van der Waals surface area (Å²) in [5.41, 5.74) is 1.17. The zero-order valence-electron chi connectivity index (χ0n) is 7.90. The van der Waals surface area contributed by atoms with E-state index in [1.54, 1.807) is 6.20 Å². The number of alkyl halides is 1. The summed E-state index contributed by atoms with van der Waals surface area (Å²) < 4.78 is 1.84. The topological polar surface area (TPSA) is 46.9 Å². The molecule has 76 valence electrons. The molecular weight excluding hydrogens is 202 g/mol. The molecule has 0 bridgehead atoms. The molecule has 0 aliphatic heterocycles. The van der Waals surface area contributed by atoms with Gasteiger partial charge in [-0.3, -0.25) is 9.48 Å². The average molecular weight is 214 g/mol.